The summed E-state index contributed by atoms with van der Waals surface area (Å²) in [6, 6.07) is 23.7. The number of carboxylic acid groups (broad SMARTS) is 1. The van der Waals surface area contributed by atoms with Crippen LogP contribution < -0.4 is 10.1 Å². The van der Waals surface area contributed by atoms with Crippen LogP contribution in [-0.4, -0.2) is 35.0 Å². The molecule has 160 valence electrons. The molecule has 3 rings (SSSR count). The summed E-state index contributed by atoms with van der Waals surface area (Å²) in [7, 11) is 0. The van der Waals surface area contributed by atoms with Gasteiger partial charge in [0.2, 0.25) is 0 Å². The first-order valence-electron chi connectivity index (χ1n) is 9.97. The number of carboxylic acids is 1. The number of amides is 1. The highest BCUT2D eigenvalue weighted by molar-refractivity contribution is 7.98. The lowest BCUT2D eigenvalue weighted by molar-refractivity contribution is -0.139. The summed E-state index contributed by atoms with van der Waals surface area (Å²) >= 11 is 1.55. The molecule has 0 radical (unpaired) electrons. The molecule has 0 heterocycles. The van der Waals surface area contributed by atoms with Crippen molar-refractivity contribution in [2.45, 2.75) is 19.1 Å². The fraction of sp³-hybridized carbons (Fsp3) is 0.200. The quantitative estimate of drug-likeness (QED) is 0.475. The number of carbonyl (C=O) groups excluding carboxylic acids is 1. The minimum Gasteiger partial charge on any atom is -0.489 e. The van der Waals surface area contributed by atoms with E-state index in [4.69, 9.17) is 4.74 Å². The van der Waals surface area contributed by atoms with Gasteiger partial charge in [-0.3, -0.25) is 4.79 Å². The molecule has 0 fully saturated rings. The van der Waals surface area contributed by atoms with Gasteiger partial charge >= 0.3 is 5.97 Å². The Bertz CT molecular complexity index is 1010. The average molecular weight is 436 g/mol. The fourth-order valence-corrected chi connectivity index (χ4v) is 3.62. The molecule has 0 aliphatic heterocycles. The van der Waals surface area contributed by atoms with Crippen LogP contribution in [-0.2, 0) is 11.4 Å². The van der Waals surface area contributed by atoms with Gasteiger partial charge in [-0.25, -0.2) is 4.79 Å². The first-order valence-corrected chi connectivity index (χ1v) is 11.4. The van der Waals surface area contributed by atoms with Crippen molar-refractivity contribution in [2.24, 2.45) is 0 Å². The van der Waals surface area contributed by atoms with Gasteiger partial charge in [-0.1, -0.05) is 54.6 Å². The molecule has 0 bridgehead atoms. The Labute approximate surface area is 186 Å². The summed E-state index contributed by atoms with van der Waals surface area (Å²) < 4.78 is 5.84. The van der Waals surface area contributed by atoms with Gasteiger partial charge < -0.3 is 15.2 Å². The molecule has 0 aromatic heterocycles. The zero-order valence-electron chi connectivity index (χ0n) is 17.3. The zero-order valence-corrected chi connectivity index (χ0v) is 18.1. The minimum atomic E-state index is -1.03. The Balaban J connectivity index is 1.86. The van der Waals surface area contributed by atoms with E-state index in [9.17, 15) is 14.7 Å². The van der Waals surface area contributed by atoms with E-state index < -0.39 is 17.9 Å². The first-order chi connectivity index (χ1) is 15.1. The maximum absolute atomic E-state index is 13.0. The lowest BCUT2D eigenvalue weighted by atomic mass is 9.96. The van der Waals surface area contributed by atoms with Crippen LogP contribution in [0.1, 0.15) is 22.3 Å². The Hall–Kier alpha value is -3.25. The molecule has 0 spiro atoms. The SMILES string of the molecule is CSCC[C@H](NC(=O)c1ccc(COc2ccccc2)cc1-c1ccccc1)C(=O)O. The van der Waals surface area contributed by atoms with Gasteiger partial charge in [-0.15, -0.1) is 0 Å². The number of rotatable bonds is 10. The molecule has 0 aliphatic carbocycles. The van der Waals surface area contributed by atoms with Crippen LogP contribution in [0.5, 0.6) is 5.75 Å². The van der Waals surface area contributed by atoms with E-state index in [1.807, 2.05) is 79.1 Å². The van der Waals surface area contributed by atoms with Crippen LogP contribution in [0.2, 0.25) is 0 Å². The van der Waals surface area contributed by atoms with Crippen LogP contribution in [0.4, 0.5) is 0 Å². The predicted octanol–water partition coefficient (Wildman–Crippen LogP) is 4.87. The molecule has 5 nitrogen and oxygen atoms in total. The molecule has 0 saturated heterocycles. The molecule has 6 heteroatoms. The van der Waals surface area contributed by atoms with Gasteiger partial charge in [-0.05, 0) is 59.4 Å². The normalized spacial score (nSPS) is 11.5. The van der Waals surface area contributed by atoms with Crippen molar-refractivity contribution in [1.82, 2.24) is 5.32 Å². The molecular weight excluding hydrogens is 410 g/mol. The minimum absolute atomic E-state index is 0.358. The Morgan fingerprint density at radius 2 is 1.68 bits per heavy atom. The van der Waals surface area contributed by atoms with E-state index in [0.717, 1.165) is 22.4 Å². The fourth-order valence-electron chi connectivity index (χ4n) is 3.15. The van der Waals surface area contributed by atoms with Crippen molar-refractivity contribution in [3.05, 3.63) is 90.0 Å². The first kappa shape index (κ1) is 22.4. The second-order valence-electron chi connectivity index (χ2n) is 6.99. The van der Waals surface area contributed by atoms with Gasteiger partial charge in [-0.2, -0.15) is 11.8 Å². The number of carbonyl (C=O) groups is 2. The van der Waals surface area contributed by atoms with E-state index in [-0.39, 0.29) is 0 Å². The highest BCUT2D eigenvalue weighted by atomic mass is 32.2. The van der Waals surface area contributed by atoms with Crippen molar-refractivity contribution in [3.63, 3.8) is 0 Å². The number of aliphatic carboxylic acids is 1. The van der Waals surface area contributed by atoms with Gasteiger partial charge in [0, 0.05) is 5.56 Å². The highest BCUT2D eigenvalue weighted by Gasteiger charge is 2.22. The molecule has 1 amide bonds. The second kappa shape index (κ2) is 11.2. The Kier molecular flexibility index (Phi) is 8.12. The number of ether oxygens (including phenoxy) is 1. The van der Waals surface area contributed by atoms with E-state index in [2.05, 4.69) is 5.32 Å². The highest BCUT2D eigenvalue weighted by Crippen LogP contribution is 2.26. The van der Waals surface area contributed by atoms with Crippen LogP contribution in [0.25, 0.3) is 11.1 Å². The number of hydrogen-bond acceptors (Lipinski definition) is 4. The van der Waals surface area contributed by atoms with Crippen molar-refractivity contribution in [1.29, 1.82) is 0 Å². The molecule has 0 aliphatic rings. The van der Waals surface area contributed by atoms with Crippen LogP contribution in [0.15, 0.2) is 78.9 Å². The monoisotopic (exact) mass is 435 g/mol. The third-order valence-corrected chi connectivity index (χ3v) is 5.42. The van der Waals surface area contributed by atoms with E-state index in [0.29, 0.717) is 24.3 Å². The van der Waals surface area contributed by atoms with E-state index in [1.165, 1.54) is 0 Å². The average Bonchev–Trinajstić information content (AvgIpc) is 2.81. The van der Waals surface area contributed by atoms with E-state index >= 15 is 0 Å². The second-order valence-corrected chi connectivity index (χ2v) is 7.98. The van der Waals surface area contributed by atoms with Crippen LogP contribution in [0, 0.1) is 0 Å². The summed E-state index contributed by atoms with van der Waals surface area (Å²) in [6.07, 6.45) is 2.27. The maximum Gasteiger partial charge on any atom is 0.326 e. The number of thioether (sulfide) groups is 1. The van der Waals surface area contributed by atoms with Gasteiger partial charge in [0.05, 0.1) is 0 Å². The van der Waals surface area contributed by atoms with Gasteiger partial charge in [0.25, 0.3) is 5.91 Å². The number of nitrogens with one attached hydrogen (secondary N) is 1. The van der Waals surface area contributed by atoms with Crippen LogP contribution in [0.3, 0.4) is 0 Å². The third kappa shape index (κ3) is 6.36. The lowest BCUT2D eigenvalue weighted by Gasteiger charge is -2.17. The molecule has 3 aromatic rings. The zero-order chi connectivity index (χ0) is 22.1. The van der Waals surface area contributed by atoms with Crippen molar-refractivity contribution in [2.75, 3.05) is 12.0 Å². The predicted molar refractivity (Wildman–Crippen MR) is 125 cm³/mol. The largest absolute Gasteiger partial charge is 0.489 e. The van der Waals surface area contributed by atoms with Crippen LogP contribution >= 0.6 is 11.8 Å². The summed E-state index contributed by atoms with van der Waals surface area (Å²) in [5.41, 5.74) is 2.97. The van der Waals surface area contributed by atoms with Gasteiger partial charge in [0.15, 0.2) is 0 Å². The summed E-state index contributed by atoms with van der Waals surface area (Å²) in [5.74, 6) is -0.0125. The molecular formula is C25H25NO4S. The lowest BCUT2D eigenvalue weighted by Crippen LogP contribution is -2.41. The van der Waals surface area contributed by atoms with Crippen molar-refractivity contribution < 1.29 is 19.4 Å². The maximum atomic E-state index is 13.0. The molecule has 3 aromatic carbocycles. The summed E-state index contributed by atoms with van der Waals surface area (Å²) in [4.78, 5) is 24.6. The third-order valence-electron chi connectivity index (χ3n) is 4.78. The van der Waals surface area contributed by atoms with Crippen molar-refractivity contribution in [3.8, 4) is 16.9 Å². The number of benzene rings is 3. The number of hydrogen-bond donors (Lipinski definition) is 2. The van der Waals surface area contributed by atoms with Crippen molar-refractivity contribution >= 4 is 23.6 Å². The smallest absolute Gasteiger partial charge is 0.326 e. The molecule has 1 atom stereocenters. The number of para-hydroxylation sites is 1. The summed E-state index contributed by atoms with van der Waals surface area (Å²) in [5, 5.41) is 12.1. The Morgan fingerprint density at radius 1 is 1.00 bits per heavy atom. The molecule has 0 unspecified atom stereocenters. The summed E-state index contributed by atoms with van der Waals surface area (Å²) in [6.45, 7) is 0.358. The van der Waals surface area contributed by atoms with Gasteiger partial charge in [0.1, 0.15) is 18.4 Å². The topological polar surface area (TPSA) is 75.6 Å². The molecule has 2 N–H and O–H groups in total. The molecule has 31 heavy (non-hydrogen) atoms. The Morgan fingerprint density at radius 3 is 2.32 bits per heavy atom. The van der Waals surface area contributed by atoms with E-state index in [1.54, 1.807) is 17.8 Å². The standard InChI is InChI=1S/C25H25NO4S/c1-31-15-14-23(25(28)29)26-24(27)21-13-12-18(17-30-20-10-6-3-7-11-20)16-22(21)19-8-4-2-5-9-19/h2-13,16,23H,14-15,17H2,1H3,(H,26,27)(H,28,29)/t23-/m0/s1. The molecule has 0 saturated carbocycles.